The van der Waals surface area contributed by atoms with E-state index in [-0.39, 0.29) is 18.3 Å². The molecule has 170 valence electrons. The van der Waals surface area contributed by atoms with E-state index in [1.54, 1.807) is 12.1 Å². The van der Waals surface area contributed by atoms with E-state index in [0.29, 0.717) is 23.9 Å². The molecule has 0 aliphatic carbocycles. The van der Waals surface area contributed by atoms with E-state index in [4.69, 9.17) is 0 Å². The Kier molecular flexibility index (Phi) is 7.34. The van der Waals surface area contributed by atoms with E-state index < -0.39 is 6.36 Å². The van der Waals surface area contributed by atoms with Crippen LogP contribution in [0.25, 0.3) is 0 Å². The largest absolute Gasteiger partial charge is 0.573 e. The molecule has 32 heavy (non-hydrogen) atoms. The van der Waals surface area contributed by atoms with Gasteiger partial charge in [0.1, 0.15) is 11.6 Å². The Hall–Kier alpha value is -3.56. The molecule has 0 radical (unpaired) electrons. The fourth-order valence-electron chi connectivity index (χ4n) is 2.97. The number of nitrogens with zero attached hydrogens (tertiary/aromatic N) is 4. The van der Waals surface area contributed by atoms with E-state index in [1.165, 1.54) is 12.1 Å². The lowest BCUT2D eigenvalue weighted by atomic mass is 10.1. The highest BCUT2D eigenvalue weighted by atomic mass is 19.4. The molecule has 2 aromatic carbocycles. The molecule has 0 aliphatic heterocycles. The molecule has 0 spiro atoms. The highest BCUT2D eigenvalue weighted by Crippen LogP contribution is 2.26. The van der Waals surface area contributed by atoms with Crippen LogP contribution in [-0.2, 0) is 20.1 Å². The number of benzene rings is 2. The van der Waals surface area contributed by atoms with Crippen LogP contribution in [0.1, 0.15) is 35.7 Å². The summed E-state index contributed by atoms with van der Waals surface area (Å²) in [7, 11) is 1.86. The summed E-state index contributed by atoms with van der Waals surface area (Å²) < 4.78 is 44.2. The van der Waals surface area contributed by atoms with Gasteiger partial charge in [-0.3, -0.25) is 0 Å². The van der Waals surface area contributed by atoms with Crippen molar-refractivity contribution in [3.05, 3.63) is 77.4 Å². The van der Waals surface area contributed by atoms with Crippen molar-refractivity contribution >= 4 is 5.96 Å². The van der Waals surface area contributed by atoms with Crippen LogP contribution in [-0.4, -0.2) is 27.1 Å². The molecule has 7 nitrogen and oxygen atoms in total. The van der Waals surface area contributed by atoms with Gasteiger partial charge in [0, 0.05) is 12.6 Å². The number of aryl methyl sites for hydroxylation is 1. The van der Waals surface area contributed by atoms with Crippen LogP contribution in [0, 0.1) is 6.92 Å². The van der Waals surface area contributed by atoms with Crippen LogP contribution in [0.5, 0.6) is 5.75 Å². The minimum Gasteiger partial charge on any atom is -0.405 e. The quantitative estimate of drug-likeness (QED) is 0.424. The Labute approximate surface area is 184 Å². The van der Waals surface area contributed by atoms with Crippen molar-refractivity contribution in [2.75, 3.05) is 0 Å². The van der Waals surface area contributed by atoms with Gasteiger partial charge in [-0.1, -0.05) is 48.5 Å². The Balaban J connectivity index is 1.80. The first kappa shape index (κ1) is 23.1. The molecule has 10 heteroatoms. The Morgan fingerprint density at radius 1 is 1.09 bits per heavy atom. The maximum Gasteiger partial charge on any atom is 0.573 e. The van der Waals surface area contributed by atoms with Crippen LogP contribution in [0.15, 0.2) is 59.6 Å². The molecule has 3 aromatic rings. The number of guanidine groups is 1. The fraction of sp³-hybridized carbons (Fsp3) is 0.318. The first-order valence-corrected chi connectivity index (χ1v) is 10.0. The van der Waals surface area contributed by atoms with Crippen molar-refractivity contribution in [2.24, 2.45) is 12.0 Å². The van der Waals surface area contributed by atoms with Crippen molar-refractivity contribution < 1.29 is 17.9 Å². The van der Waals surface area contributed by atoms with Crippen LogP contribution >= 0.6 is 0 Å². The number of para-hydroxylation sites is 1. The third-order valence-electron chi connectivity index (χ3n) is 4.86. The number of halogens is 3. The maximum absolute atomic E-state index is 12.7. The molecule has 0 amide bonds. The zero-order chi connectivity index (χ0) is 23.1. The van der Waals surface area contributed by atoms with Crippen LogP contribution < -0.4 is 15.4 Å². The smallest absolute Gasteiger partial charge is 0.405 e. The molecule has 0 saturated carbocycles. The molecule has 0 saturated heterocycles. The van der Waals surface area contributed by atoms with Crippen molar-refractivity contribution in [1.29, 1.82) is 0 Å². The van der Waals surface area contributed by atoms with E-state index >= 15 is 0 Å². The van der Waals surface area contributed by atoms with Gasteiger partial charge in [0.05, 0.1) is 19.1 Å². The Morgan fingerprint density at radius 2 is 1.78 bits per heavy atom. The lowest BCUT2D eigenvalue weighted by molar-refractivity contribution is -0.274. The lowest BCUT2D eigenvalue weighted by Gasteiger charge is -2.19. The van der Waals surface area contributed by atoms with Gasteiger partial charge < -0.3 is 19.9 Å². The summed E-state index contributed by atoms with van der Waals surface area (Å²) >= 11 is 0. The molecular formula is C22H25F3N6O. The normalized spacial score (nSPS) is 13.0. The SMILES string of the molecule is Cc1nnc(CNC(=NCc2ccccc2OC(F)(F)F)NC(C)c2ccccc2)n1C. The van der Waals surface area contributed by atoms with E-state index in [0.717, 1.165) is 11.4 Å². The molecule has 0 aliphatic rings. The molecule has 1 aromatic heterocycles. The molecule has 1 heterocycles. The number of ether oxygens (including phenoxy) is 1. The van der Waals surface area contributed by atoms with E-state index in [1.807, 2.05) is 55.8 Å². The standard InChI is InChI=1S/C22H25F3N6O/c1-15(17-9-5-4-6-10-17)28-21(27-14-20-30-29-16(2)31(20)3)26-13-18-11-7-8-12-19(18)32-22(23,24)25/h4-12,15H,13-14H2,1-3H3,(H2,26,27,28). The van der Waals surface area contributed by atoms with Gasteiger partial charge in [-0.25, -0.2) is 4.99 Å². The third kappa shape index (κ3) is 6.47. The van der Waals surface area contributed by atoms with Crippen LogP contribution in [0.3, 0.4) is 0 Å². The highest BCUT2D eigenvalue weighted by Gasteiger charge is 2.31. The number of aromatic nitrogens is 3. The summed E-state index contributed by atoms with van der Waals surface area (Å²) in [5.74, 6) is 1.61. The van der Waals surface area contributed by atoms with E-state index in [9.17, 15) is 13.2 Å². The topological polar surface area (TPSA) is 76.4 Å². The number of alkyl halides is 3. The van der Waals surface area contributed by atoms with Crippen LogP contribution in [0.2, 0.25) is 0 Å². The Morgan fingerprint density at radius 3 is 2.44 bits per heavy atom. The summed E-state index contributed by atoms with van der Waals surface area (Å²) in [4.78, 5) is 4.49. The Bertz CT molecular complexity index is 1050. The zero-order valence-corrected chi connectivity index (χ0v) is 18.0. The third-order valence-corrected chi connectivity index (χ3v) is 4.86. The number of rotatable bonds is 7. The maximum atomic E-state index is 12.7. The summed E-state index contributed by atoms with van der Waals surface area (Å²) in [6.45, 7) is 4.14. The number of hydrogen-bond donors (Lipinski definition) is 2. The second-order valence-corrected chi connectivity index (χ2v) is 7.17. The summed E-state index contributed by atoms with van der Waals surface area (Å²) in [5.41, 5.74) is 1.35. The van der Waals surface area contributed by atoms with Crippen molar-refractivity contribution in [2.45, 2.75) is 39.3 Å². The molecule has 1 unspecified atom stereocenters. The second kappa shape index (κ2) is 10.2. The first-order chi connectivity index (χ1) is 15.2. The van der Waals surface area contributed by atoms with Crippen LogP contribution in [0.4, 0.5) is 13.2 Å². The monoisotopic (exact) mass is 446 g/mol. The van der Waals surface area contributed by atoms with Crippen molar-refractivity contribution in [1.82, 2.24) is 25.4 Å². The molecule has 2 N–H and O–H groups in total. The van der Waals surface area contributed by atoms with Gasteiger partial charge in [0.15, 0.2) is 11.8 Å². The minimum absolute atomic E-state index is 0.0130. The predicted molar refractivity (Wildman–Crippen MR) is 115 cm³/mol. The number of hydrogen-bond acceptors (Lipinski definition) is 4. The minimum atomic E-state index is -4.77. The summed E-state index contributed by atoms with van der Waals surface area (Å²) in [5, 5.41) is 14.6. The molecule has 0 bridgehead atoms. The molecular weight excluding hydrogens is 421 g/mol. The second-order valence-electron chi connectivity index (χ2n) is 7.17. The average Bonchev–Trinajstić information content (AvgIpc) is 3.08. The van der Waals surface area contributed by atoms with Crippen molar-refractivity contribution in [3.8, 4) is 5.75 Å². The molecule has 0 fully saturated rings. The summed E-state index contributed by atoms with van der Waals surface area (Å²) in [6, 6.07) is 15.6. The van der Waals surface area contributed by atoms with Gasteiger partial charge in [-0.15, -0.1) is 23.4 Å². The van der Waals surface area contributed by atoms with E-state index in [2.05, 4.69) is 30.6 Å². The van der Waals surface area contributed by atoms with Gasteiger partial charge in [0.25, 0.3) is 0 Å². The van der Waals surface area contributed by atoms with Gasteiger partial charge in [0.2, 0.25) is 0 Å². The predicted octanol–water partition coefficient (Wildman–Crippen LogP) is 4.02. The number of aliphatic imine (C=N–C) groups is 1. The van der Waals surface area contributed by atoms with Crippen molar-refractivity contribution in [3.63, 3.8) is 0 Å². The van der Waals surface area contributed by atoms with Gasteiger partial charge in [-0.2, -0.15) is 0 Å². The number of nitrogens with one attached hydrogen (secondary N) is 2. The highest BCUT2D eigenvalue weighted by molar-refractivity contribution is 5.80. The average molecular weight is 446 g/mol. The molecule has 3 rings (SSSR count). The van der Waals surface area contributed by atoms with Gasteiger partial charge >= 0.3 is 6.36 Å². The zero-order valence-electron chi connectivity index (χ0n) is 18.0. The molecule has 1 atom stereocenters. The fourth-order valence-corrected chi connectivity index (χ4v) is 2.97. The van der Waals surface area contributed by atoms with Gasteiger partial charge in [-0.05, 0) is 25.5 Å². The lowest BCUT2D eigenvalue weighted by Crippen LogP contribution is -2.39. The summed E-state index contributed by atoms with van der Waals surface area (Å²) in [6.07, 6.45) is -4.77. The first-order valence-electron chi connectivity index (χ1n) is 10.0.